The SMILES string of the molecule is O=C(O)c1ccc(O[C@@H]2O[C@H](CO[C@@H]3OC[C@@H](O)[C@H](O)[C@H]3O)[C@@H](O)[C@H](O)[C@H]2O)c(O)c1. The van der Waals surface area contributed by atoms with Gasteiger partial charge in [-0.15, -0.1) is 0 Å². The number of hydrogen-bond donors (Lipinski definition) is 8. The highest BCUT2D eigenvalue weighted by molar-refractivity contribution is 5.88. The first kappa shape index (κ1) is 23.6. The van der Waals surface area contributed by atoms with Crippen molar-refractivity contribution < 1.29 is 64.6 Å². The standard InChI is InChI=1S/C18H24O13/c19-7-3-6(16(26)27)1-2-9(7)30-18-15(25)13(23)12(22)10(31-18)5-29-17-14(24)11(21)8(20)4-28-17/h1-3,8,10-15,17-25H,4-5H2,(H,26,27)/t8-,10-,11+,12-,13+,14-,15-,17+,18-/m1/s1. The maximum atomic E-state index is 10.9. The lowest BCUT2D eigenvalue weighted by Gasteiger charge is -2.41. The number of rotatable bonds is 6. The molecule has 13 heteroatoms. The lowest BCUT2D eigenvalue weighted by atomic mass is 9.99. The highest BCUT2D eigenvalue weighted by Crippen LogP contribution is 2.31. The molecule has 3 rings (SSSR count). The third-order valence-electron chi connectivity index (χ3n) is 5.00. The van der Waals surface area contributed by atoms with Crippen molar-refractivity contribution >= 4 is 5.97 Å². The molecule has 31 heavy (non-hydrogen) atoms. The first-order valence-electron chi connectivity index (χ1n) is 9.30. The summed E-state index contributed by atoms with van der Waals surface area (Å²) in [6, 6.07) is 3.18. The Balaban J connectivity index is 1.66. The van der Waals surface area contributed by atoms with Crippen LogP contribution in [0.1, 0.15) is 10.4 Å². The Kier molecular flexibility index (Phi) is 7.31. The normalized spacial score (nSPS) is 38.6. The molecule has 0 aliphatic carbocycles. The summed E-state index contributed by atoms with van der Waals surface area (Å²) in [4.78, 5) is 10.9. The number of aliphatic hydroxyl groups excluding tert-OH is 6. The van der Waals surface area contributed by atoms with E-state index >= 15 is 0 Å². The van der Waals surface area contributed by atoms with Crippen molar-refractivity contribution in [3.8, 4) is 11.5 Å². The maximum absolute atomic E-state index is 10.9. The van der Waals surface area contributed by atoms with Gasteiger partial charge in [0.2, 0.25) is 6.29 Å². The Hall–Kier alpha value is -2.07. The quantitative estimate of drug-likeness (QED) is 0.215. The molecule has 2 fully saturated rings. The molecular weight excluding hydrogens is 424 g/mol. The number of aromatic carboxylic acids is 1. The Morgan fingerprint density at radius 3 is 2.29 bits per heavy atom. The fourth-order valence-corrected chi connectivity index (χ4v) is 3.14. The molecule has 174 valence electrons. The number of aromatic hydroxyl groups is 1. The average Bonchev–Trinajstić information content (AvgIpc) is 2.73. The number of phenolic OH excluding ortho intramolecular Hbond substituents is 1. The van der Waals surface area contributed by atoms with Crippen molar-refractivity contribution in [3.63, 3.8) is 0 Å². The van der Waals surface area contributed by atoms with Gasteiger partial charge in [0.15, 0.2) is 17.8 Å². The zero-order chi connectivity index (χ0) is 22.9. The molecular formula is C18H24O13. The largest absolute Gasteiger partial charge is 0.504 e. The molecule has 9 atom stereocenters. The van der Waals surface area contributed by atoms with Gasteiger partial charge in [0.25, 0.3) is 0 Å². The van der Waals surface area contributed by atoms with Gasteiger partial charge in [-0.3, -0.25) is 0 Å². The summed E-state index contributed by atoms with van der Waals surface area (Å²) in [6.07, 6.45) is -13.7. The lowest BCUT2D eigenvalue weighted by molar-refractivity contribution is -0.307. The van der Waals surface area contributed by atoms with Gasteiger partial charge in [0, 0.05) is 0 Å². The Labute approximate surface area is 175 Å². The number of aliphatic hydroxyl groups is 6. The molecule has 0 radical (unpaired) electrons. The van der Waals surface area contributed by atoms with Gasteiger partial charge in [-0.2, -0.15) is 0 Å². The van der Waals surface area contributed by atoms with E-state index in [2.05, 4.69) is 0 Å². The van der Waals surface area contributed by atoms with Crippen molar-refractivity contribution in [2.75, 3.05) is 13.2 Å². The smallest absolute Gasteiger partial charge is 0.335 e. The first-order valence-corrected chi connectivity index (χ1v) is 9.30. The molecule has 2 heterocycles. The number of carbonyl (C=O) groups is 1. The fraction of sp³-hybridized carbons (Fsp3) is 0.611. The van der Waals surface area contributed by atoms with Gasteiger partial charge in [0.1, 0.15) is 42.7 Å². The van der Waals surface area contributed by atoms with E-state index in [4.69, 9.17) is 24.1 Å². The topological polar surface area (TPSA) is 216 Å². The minimum absolute atomic E-state index is 0.213. The van der Waals surface area contributed by atoms with E-state index in [1.165, 1.54) is 0 Å². The van der Waals surface area contributed by atoms with E-state index in [0.717, 1.165) is 18.2 Å². The summed E-state index contributed by atoms with van der Waals surface area (Å²) < 4.78 is 21.1. The Morgan fingerprint density at radius 2 is 1.65 bits per heavy atom. The van der Waals surface area contributed by atoms with Crippen LogP contribution < -0.4 is 4.74 Å². The molecule has 1 aromatic carbocycles. The van der Waals surface area contributed by atoms with Crippen molar-refractivity contribution in [1.29, 1.82) is 0 Å². The average molecular weight is 448 g/mol. The predicted molar refractivity (Wildman–Crippen MR) is 96.1 cm³/mol. The van der Waals surface area contributed by atoms with Crippen molar-refractivity contribution in [2.24, 2.45) is 0 Å². The van der Waals surface area contributed by atoms with Gasteiger partial charge in [0.05, 0.1) is 18.8 Å². The van der Waals surface area contributed by atoms with Gasteiger partial charge in [-0.05, 0) is 18.2 Å². The summed E-state index contributed by atoms with van der Waals surface area (Å²) in [5, 5.41) is 78.3. The number of benzene rings is 1. The first-order chi connectivity index (χ1) is 14.6. The molecule has 0 amide bonds. The molecule has 2 aliphatic rings. The van der Waals surface area contributed by atoms with Crippen molar-refractivity contribution in [1.82, 2.24) is 0 Å². The van der Waals surface area contributed by atoms with E-state index in [1.54, 1.807) is 0 Å². The summed E-state index contributed by atoms with van der Waals surface area (Å²) in [6.45, 7) is -0.783. The number of carboxylic acids is 1. The van der Waals surface area contributed by atoms with E-state index in [0.29, 0.717) is 0 Å². The van der Waals surface area contributed by atoms with Gasteiger partial charge < -0.3 is 59.8 Å². The molecule has 8 N–H and O–H groups in total. The van der Waals surface area contributed by atoms with Crippen LogP contribution in [-0.2, 0) is 14.2 Å². The molecule has 0 aromatic heterocycles. The third kappa shape index (κ3) is 5.06. The van der Waals surface area contributed by atoms with E-state index < -0.39 is 73.6 Å². The minimum Gasteiger partial charge on any atom is -0.504 e. The van der Waals surface area contributed by atoms with E-state index in [9.17, 15) is 40.5 Å². The highest BCUT2D eigenvalue weighted by atomic mass is 16.7. The van der Waals surface area contributed by atoms with Crippen LogP contribution in [0, 0.1) is 0 Å². The molecule has 0 saturated carbocycles. The summed E-state index contributed by atoms with van der Waals surface area (Å²) in [7, 11) is 0. The fourth-order valence-electron chi connectivity index (χ4n) is 3.14. The number of carboxylic acid groups (broad SMARTS) is 1. The van der Waals surface area contributed by atoms with Crippen LogP contribution >= 0.6 is 0 Å². The Bertz CT molecular complexity index is 773. The second-order valence-corrected chi connectivity index (χ2v) is 7.20. The molecule has 0 bridgehead atoms. The number of phenols is 1. The van der Waals surface area contributed by atoms with Crippen molar-refractivity contribution in [3.05, 3.63) is 23.8 Å². The summed E-state index contributed by atoms with van der Waals surface area (Å²) in [5.74, 6) is -2.09. The number of hydrogen-bond acceptors (Lipinski definition) is 12. The molecule has 0 unspecified atom stereocenters. The van der Waals surface area contributed by atoms with Gasteiger partial charge in [-0.1, -0.05) is 0 Å². The maximum Gasteiger partial charge on any atom is 0.335 e. The second-order valence-electron chi connectivity index (χ2n) is 7.20. The van der Waals surface area contributed by atoms with E-state index in [1.807, 2.05) is 0 Å². The van der Waals surface area contributed by atoms with Crippen LogP contribution in [0.4, 0.5) is 0 Å². The molecule has 0 spiro atoms. The minimum atomic E-state index is -1.74. The summed E-state index contributed by atoms with van der Waals surface area (Å²) >= 11 is 0. The lowest BCUT2D eigenvalue weighted by Crippen LogP contribution is -2.61. The van der Waals surface area contributed by atoms with Crippen LogP contribution in [0.3, 0.4) is 0 Å². The van der Waals surface area contributed by atoms with Crippen LogP contribution in [-0.4, -0.2) is 115 Å². The van der Waals surface area contributed by atoms with E-state index in [-0.39, 0.29) is 17.9 Å². The van der Waals surface area contributed by atoms with Crippen molar-refractivity contribution in [2.45, 2.75) is 55.3 Å². The zero-order valence-corrected chi connectivity index (χ0v) is 16.0. The molecule has 13 nitrogen and oxygen atoms in total. The second kappa shape index (κ2) is 9.60. The molecule has 2 saturated heterocycles. The molecule has 1 aromatic rings. The van der Waals surface area contributed by atoms with Gasteiger partial charge >= 0.3 is 5.97 Å². The monoisotopic (exact) mass is 448 g/mol. The number of ether oxygens (including phenoxy) is 4. The van der Waals surface area contributed by atoms with Gasteiger partial charge in [-0.25, -0.2) is 4.79 Å². The van der Waals surface area contributed by atoms with Crippen LogP contribution in [0.25, 0.3) is 0 Å². The zero-order valence-electron chi connectivity index (χ0n) is 16.0. The summed E-state index contributed by atoms with van der Waals surface area (Å²) in [5.41, 5.74) is -0.213. The van der Waals surface area contributed by atoms with Crippen LogP contribution in [0.2, 0.25) is 0 Å². The highest BCUT2D eigenvalue weighted by Gasteiger charge is 2.46. The molecule has 2 aliphatic heterocycles. The van der Waals surface area contributed by atoms with Crippen LogP contribution in [0.5, 0.6) is 11.5 Å². The van der Waals surface area contributed by atoms with Crippen LogP contribution in [0.15, 0.2) is 18.2 Å². The Morgan fingerprint density at radius 1 is 0.968 bits per heavy atom. The predicted octanol–water partition coefficient (Wildman–Crippen LogP) is -3.27. The third-order valence-corrected chi connectivity index (χ3v) is 5.00.